The molecule has 1 heterocycles. The number of halogens is 2. The van der Waals surface area contributed by atoms with E-state index in [0.717, 1.165) is 40.8 Å². The molecule has 1 saturated heterocycles. The molecule has 1 aliphatic rings. The van der Waals surface area contributed by atoms with Gasteiger partial charge in [0.2, 0.25) is 5.91 Å². The molecule has 0 aliphatic carbocycles. The summed E-state index contributed by atoms with van der Waals surface area (Å²) in [4.78, 5) is 16.8. The van der Waals surface area contributed by atoms with Gasteiger partial charge in [0.05, 0.1) is 12.2 Å². The molecule has 0 aromatic heterocycles. The van der Waals surface area contributed by atoms with Crippen LogP contribution in [0.5, 0.6) is 0 Å². The molecule has 6 heteroatoms. The van der Waals surface area contributed by atoms with E-state index in [2.05, 4.69) is 71.2 Å². The number of carbonyl (C=O) groups is 1. The molecule has 0 bridgehead atoms. The summed E-state index contributed by atoms with van der Waals surface area (Å²) in [5.74, 6) is 0.0157. The lowest BCUT2D eigenvalue weighted by atomic mass is 10.2. The third-order valence-electron chi connectivity index (χ3n) is 4.06. The Morgan fingerprint density at radius 1 is 1.00 bits per heavy atom. The third-order valence-corrected chi connectivity index (χ3v) is 5.25. The van der Waals surface area contributed by atoms with Crippen molar-refractivity contribution in [1.82, 2.24) is 4.90 Å². The average Bonchev–Trinajstić information content (AvgIpc) is 2.59. The van der Waals surface area contributed by atoms with Crippen molar-refractivity contribution in [3.8, 4) is 0 Å². The molecule has 4 nitrogen and oxygen atoms in total. The number of para-hydroxylation sites is 1. The summed E-state index contributed by atoms with van der Waals surface area (Å²) in [7, 11) is 0. The van der Waals surface area contributed by atoms with Crippen LogP contribution in [0.1, 0.15) is 0 Å². The number of amides is 1. The van der Waals surface area contributed by atoms with Crippen LogP contribution in [0.2, 0.25) is 0 Å². The van der Waals surface area contributed by atoms with E-state index in [1.165, 1.54) is 5.69 Å². The molecule has 1 amide bonds. The van der Waals surface area contributed by atoms with Crippen molar-refractivity contribution < 1.29 is 4.79 Å². The fourth-order valence-electron chi connectivity index (χ4n) is 2.79. The third kappa shape index (κ3) is 4.59. The first-order chi connectivity index (χ1) is 11.6. The number of anilines is 2. The summed E-state index contributed by atoms with van der Waals surface area (Å²) in [5, 5.41) is 2.97. The van der Waals surface area contributed by atoms with E-state index in [4.69, 9.17) is 0 Å². The van der Waals surface area contributed by atoms with Crippen molar-refractivity contribution in [2.45, 2.75) is 0 Å². The number of rotatable bonds is 4. The van der Waals surface area contributed by atoms with Gasteiger partial charge in [0.15, 0.2) is 0 Å². The van der Waals surface area contributed by atoms with Crippen molar-refractivity contribution in [2.75, 3.05) is 42.9 Å². The second-order valence-corrected chi connectivity index (χ2v) is 7.54. The van der Waals surface area contributed by atoms with Gasteiger partial charge in [-0.15, -0.1) is 0 Å². The maximum atomic E-state index is 12.3. The molecule has 0 radical (unpaired) electrons. The zero-order valence-corrected chi connectivity index (χ0v) is 16.4. The molecular weight excluding hydrogens is 434 g/mol. The number of hydrogen-bond acceptors (Lipinski definition) is 3. The van der Waals surface area contributed by atoms with Crippen LogP contribution in [0.4, 0.5) is 11.4 Å². The number of piperazine rings is 1. The lowest BCUT2D eigenvalue weighted by molar-refractivity contribution is -0.117. The molecule has 1 aliphatic heterocycles. The average molecular weight is 453 g/mol. The first kappa shape index (κ1) is 17.5. The fourth-order valence-corrected chi connectivity index (χ4v) is 3.50. The van der Waals surface area contributed by atoms with E-state index in [1.807, 2.05) is 24.3 Å². The number of nitrogens with one attached hydrogen (secondary N) is 1. The lowest BCUT2D eigenvalue weighted by Crippen LogP contribution is -2.48. The van der Waals surface area contributed by atoms with Gasteiger partial charge >= 0.3 is 0 Å². The summed E-state index contributed by atoms with van der Waals surface area (Å²) in [5.41, 5.74) is 2.04. The van der Waals surface area contributed by atoms with E-state index >= 15 is 0 Å². The van der Waals surface area contributed by atoms with E-state index in [1.54, 1.807) is 0 Å². The van der Waals surface area contributed by atoms with Crippen LogP contribution in [0, 0.1) is 0 Å². The molecule has 3 rings (SSSR count). The summed E-state index contributed by atoms with van der Waals surface area (Å²) >= 11 is 6.89. The molecule has 1 fully saturated rings. The predicted octanol–water partition coefficient (Wildman–Crippen LogP) is 3.97. The van der Waals surface area contributed by atoms with Crippen molar-refractivity contribution >= 4 is 49.1 Å². The highest BCUT2D eigenvalue weighted by Gasteiger charge is 2.19. The molecule has 1 N–H and O–H groups in total. The number of nitrogens with zero attached hydrogens (tertiary/aromatic N) is 2. The van der Waals surface area contributed by atoms with Gasteiger partial charge in [0, 0.05) is 40.8 Å². The monoisotopic (exact) mass is 451 g/mol. The van der Waals surface area contributed by atoms with Crippen molar-refractivity contribution in [1.29, 1.82) is 0 Å². The molecule has 2 aromatic carbocycles. The normalized spacial score (nSPS) is 15.3. The van der Waals surface area contributed by atoms with Crippen molar-refractivity contribution in [3.05, 3.63) is 57.5 Å². The molecule has 0 unspecified atom stereocenters. The van der Waals surface area contributed by atoms with Gasteiger partial charge in [0.1, 0.15) is 0 Å². The minimum atomic E-state index is 0.0157. The van der Waals surface area contributed by atoms with E-state index in [-0.39, 0.29) is 5.91 Å². The highest BCUT2D eigenvalue weighted by molar-refractivity contribution is 9.11. The van der Waals surface area contributed by atoms with Crippen LogP contribution in [0.3, 0.4) is 0 Å². The molecule has 126 valence electrons. The molecule has 0 atom stereocenters. The number of carbonyl (C=O) groups excluding carboxylic acids is 1. The van der Waals surface area contributed by atoms with Gasteiger partial charge in [-0.3, -0.25) is 9.69 Å². The zero-order valence-electron chi connectivity index (χ0n) is 13.2. The van der Waals surface area contributed by atoms with Crippen molar-refractivity contribution in [2.24, 2.45) is 0 Å². The summed E-state index contributed by atoms with van der Waals surface area (Å²) in [6.45, 7) is 4.08. The van der Waals surface area contributed by atoms with Crippen molar-refractivity contribution in [3.63, 3.8) is 0 Å². The molecule has 2 aromatic rings. The minimum absolute atomic E-state index is 0.0157. The zero-order chi connectivity index (χ0) is 16.9. The van der Waals surface area contributed by atoms with Crippen LogP contribution in [-0.2, 0) is 4.79 Å². The first-order valence-corrected chi connectivity index (χ1v) is 9.48. The summed E-state index contributed by atoms with van der Waals surface area (Å²) in [6.07, 6.45) is 0. The quantitative estimate of drug-likeness (QED) is 0.762. The van der Waals surface area contributed by atoms with E-state index < -0.39 is 0 Å². The highest BCUT2D eigenvalue weighted by Crippen LogP contribution is 2.26. The molecule has 0 saturated carbocycles. The standard InChI is InChI=1S/C18H19Br2N3O/c19-14-6-7-16(20)17(12-14)21-18(24)13-22-8-10-23(11-9-22)15-4-2-1-3-5-15/h1-7,12H,8-11,13H2,(H,21,24). The van der Waals surface area contributed by atoms with Crippen LogP contribution >= 0.6 is 31.9 Å². The Bertz CT molecular complexity index is 701. The Morgan fingerprint density at radius 2 is 1.71 bits per heavy atom. The minimum Gasteiger partial charge on any atom is -0.369 e. The van der Waals surface area contributed by atoms with Gasteiger partial charge in [0.25, 0.3) is 0 Å². The topological polar surface area (TPSA) is 35.6 Å². The lowest BCUT2D eigenvalue weighted by Gasteiger charge is -2.35. The van der Waals surface area contributed by atoms with E-state index in [0.29, 0.717) is 6.54 Å². The number of benzene rings is 2. The molecule has 0 spiro atoms. The molecular formula is C18H19Br2N3O. The SMILES string of the molecule is O=C(CN1CCN(c2ccccc2)CC1)Nc1cc(Br)ccc1Br. The molecule has 24 heavy (non-hydrogen) atoms. The van der Waals surface area contributed by atoms with Crippen LogP contribution in [-0.4, -0.2) is 43.5 Å². The van der Waals surface area contributed by atoms with E-state index in [9.17, 15) is 4.79 Å². The number of hydrogen-bond donors (Lipinski definition) is 1. The van der Waals surface area contributed by atoms with Gasteiger partial charge in [-0.2, -0.15) is 0 Å². The Labute approximate surface area is 159 Å². The smallest absolute Gasteiger partial charge is 0.238 e. The maximum absolute atomic E-state index is 12.3. The van der Waals surface area contributed by atoms with Gasteiger partial charge < -0.3 is 10.2 Å². The second-order valence-electron chi connectivity index (χ2n) is 5.77. The fraction of sp³-hybridized carbons (Fsp3) is 0.278. The van der Waals surface area contributed by atoms with Crippen LogP contribution in [0.25, 0.3) is 0 Å². The Balaban J connectivity index is 1.51. The van der Waals surface area contributed by atoms with Crippen LogP contribution in [0.15, 0.2) is 57.5 Å². The first-order valence-electron chi connectivity index (χ1n) is 7.89. The Kier molecular flexibility index (Phi) is 5.92. The van der Waals surface area contributed by atoms with Gasteiger partial charge in [-0.05, 0) is 46.3 Å². The van der Waals surface area contributed by atoms with Gasteiger partial charge in [-0.1, -0.05) is 34.1 Å². The second kappa shape index (κ2) is 8.14. The highest BCUT2D eigenvalue weighted by atomic mass is 79.9. The Hall–Kier alpha value is -1.37. The Morgan fingerprint density at radius 3 is 2.42 bits per heavy atom. The summed E-state index contributed by atoms with van der Waals surface area (Å²) in [6, 6.07) is 16.2. The van der Waals surface area contributed by atoms with Crippen LogP contribution < -0.4 is 10.2 Å². The van der Waals surface area contributed by atoms with Gasteiger partial charge in [-0.25, -0.2) is 0 Å². The maximum Gasteiger partial charge on any atom is 0.238 e. The predicted molar refractivity (Wildman–Crippen MR) is 106 cm³/mol. The largest absolute Gasteiger partial charge is 0.369 e. The summed E-state index contributed by atoms with van der Waals surface area (Å²) < 4.78 is 1.82.